The molecule has 2 aromatic rings. The molecular weight excluding hydrogens is 271 g/mol. The van der Waals surface area contributed by atoms with Crippen molar-refractivity contribution in [2.45, 2.75) is 20.8 Å². The summed E-state index contributed by atoms with van der Waals surface area (Å²) in [6.45, 7) is 6.44. The summed E-state index contributed by atoms with van der Waals surface area (Å²) < 4.78 is 14.5. The topological polar surface area (TPSA) is 0 Å². The van der Waals surface area contributed by atoms with Crippen LogP contribution in [0.4, 0.5) is 4.39 Å². The zero-order chi connectivity index (χ0) is 15.7. The molecule has 0 radical (unpaired) electrons. The molecule has 2 aromatic carbocycles. The molecular formula is C21H21F. The van der Waals surface area contributed by atoms with Crippen molar-refractivity contribution in [3.63, 3.8) is 0 Å². The maximum Gasteiger partial charge on any atom is 0.131 e. The van der Waals surface area contributed by atoms with E-state index in [0.717, 1.165) is 16.7 Å². The molecule has 0 spiro atoms. The predicted octanol–water partition coefficient (Wildman–Crippen LogP) is 6.03. The van der Waals surface area contributed by atoms with Gasteiger partial charge in [-0.1, -0.05) is 74.0 Å². The highest BCUT2D eigenvalue weighted by atomic mass is 19.1. The van der Waals surface area contributed by atoms with Crippen molar-refractivity contribution in [3.05, 3.63) is 77.6 Å². The summed E-state index contributed by atoms with van der Waals surface area (Å²) in [6, 6.07) is 13.5. The molecule has 3 rings (SSSR count). The van der Waals surface area contributed by atoms with Gasteiger partial charge in [-0.3, -0.25) is 0 Å². The smallest absolute Gasteiger partial charge is 0.131 e. The van der Waals surface area contributed by atoms with E-state index in [4.69, 9.17) is 0 Å². The van der Waals surface area contributed by atoms with Gasteiger partial charge >= 0.3 is 0 Å². The van der Waals surface area contributed by atoms with Crippen LogP contribution in [0.5, 0.6) is 0 Å². The fourth-order valence-corrected chi connectivity index (χ4v) is 2.78. The van der Waals surface area contributed by atoms with Crippen LogP contribution in [-0.2, 0) is 0 Å². The van der Waals surface area contributed by atoms with Gasteiger partial charge in [0.25, 0.3) is 0 Å². The molecule has 1 aliphatic carbocycles. The number of allylic oxidation sites excluding steroid dienone is 4. The van der Waals surface area contributed by atoms with Gasteiger partial charge in [0.1, 0.15) is 5.82 Å². The Kier molecular flexibility index (Phi) is 3.98. The van der Waals surface area contributed by atoms with Crippen molar-refractivity contribution in [1.82, 2.24) is 0 Å². The van der Waals surface area contributed by atoms with Gasteiger partial charge in [-0.25, -0.2) is 4.39 Å². The molecule has 0 aromatic heterocycles. The second kappa shape index (κ2) is 5.92. The van der Waals surface area contributed by atoms with Crippen LogP contribution in [0.2, 0.25) is 0 Å². The van der Waals surface area contributed by atoms with Crippen LogP contribution in [0.15, 0.2) is 60.7 Å². The van der Waals surface area contributed by atoms with Crippen LogP contribution < -0.4 is 0 Å². The van der Waals surface area contributed by atoms with E-state index in [0.29, 0.717) is 17.4 Å². The molecule has 0 saturated carbocycles. The zero-order valence-electron chi connectivity index (χ0n) is 13.3. The first-order valence-corrected chi connectivity index (χ1v) is 7.81. The molecule has 0 saturated heterocycles. The molecule has 0 amide bonds. The molecule has 0 bridgehead atoms. The quantitative estimate of drug-likeness (QED) is 0.634. The standard InChI is InChI=1S/C21H21F/c1-14-4-7-17(8-5-14)20-11-10-19(13-21(20)22)18-9-6-15(2)16(3)12-18/h4-13,15-16H,1-3H3. The van der Waals surface area contributed by atoms with Gasteiger partial charge in [0, 0.05) is 5.56 Å². The average Bonchev–Trinajstić information content (AvgIpc) is 2.51. The minimum Gasteiger partial charge on any atom is -0.206 e. The van der Waals surface area contributed by atoms with E-state index >= 15 is 0 Å². The molecule has 0 heterocycles. The van der Waals surface area contributed by atoms with Crippen LogP contribution >= 0.6 is 0 Å². The van der Waals surface area contributed by atoms with Gasteiger partial charge in [0.2, 0.25) is 0 Å². The molecule has 0 aliphatic heterocycles. The number of hydrogen-bond donors (Lipinski definition) is 0. The van der Waals surface area contributed by atoms with E-state index < -0.39 is 0 Å². The molecule has 1 heteroatoms. The number of aryl methyl sites for hydroxylation is 1. The summed E-state index contributed by atoms with van der Waals surface area (Å²) >= 11 is 0. The maximum absolute atomic E-state index is 14.5. The largest absolute Gasteiger partial charge is 0.206 e. The van der Waals surface area contributed by atoms with Crippen molar-refractivity contribution >= 4 is 5.57 Å². The van der Waals surface area contributed by atoms with Gasteiger partial charge in [-0.2, -0.15) is 0 Å². The van der Waals surface area contributed by atoms with Gasteiger partial charge < -0.3 is 0 Å². The van der Waals surface area contributed by atoms with E-state index in [1.165, 1.54) is 5.56 Å². The van der Waals surface area contributed by atoms with E-state index in [1.807, 2.05) is 43.3 Å². The molecule has 2 atom stereocenters. The number of benzene rings is 2. The third-order valence-corrected chi connectivity index (χ3v) is 4.52. The highest BCUT2D eigenvalue weighted by molar-refractivity contribution is 5.77. The molecule has 0 nitrogen and oxygen atoms in total. The number of halogens is 1. The summed E-state index contributed by atoms with van der Waals surface area (Å²) in [5, 5.41) is 0. The van der Waals surface area contributed by atoms with Crippen molar-refractivity contribution in [2.24, 2.45) is 11.8 Å². The van der Waals surface area contributed by atoms with E-state index in [-0.39, 0.29) is 5.82 Å². The van der Waals surface area contributed by atoms with E-state index in [9.17, 15) is 4.39 Å². The second-order valence-electron chi connectivity index (χ2n) is 6.26. The molecule has 0 fully saturated rings. The Morgan fingerprint density at radius 3 is 2.18 bits per heavy atom. The summed E-state index contributed by atoms with van der Waals surface area (Å²) in [7, 11) is 0. The van der Waals surface area contributed by atoms with E-state index in [1.54, 1.807) is 6.07 Å². The Hall–Kier alpha value is -2.15. The molecule has 2 unspecified atom stereocenters. The summed E-state index contributed by atoms with van der Waals surface area (Å²) in [5.74, 6) is 0.863. The van der Waals surface area contributed by atoms with Gasteiger partial charge in [-0.15, -0.1) is 0 Å². The molecule has 22 heavy (non-hydrogen) atoms. The Labute approximate surface area is 132 Å². The summed E-state index contributed by atoms with van der Waals surface area (Å²) in [6.07, 6.45) is 6.53. The van der Waals surface area contributed by atoms with Crippen LogP contribution in [0.25, 0.3) is 16.7 Å². The summed E-state index contributed by atoms with van der Waals surface area (Å²) in [4.78, 5) is 0. The fraction of sp³-hybridized carbons (Fsp3) is 0.238. The van der Waals surface area contributed by atoms with Crippen molar-refractivity contribution in [2.75, 3.05) is 0 Å². The highest BCUT2D eigenvalue weighted by Crippen LogP contribution is 2.31. The van der Waals surface area contributed by atoms with Crippen molar-refractivity contribution in [1.29, 1.82) is 0 Å². The lowest BCUT2D eigenvalue weighted by Crippen LogP contribution is -2.06. The Morgan fingerprint density at radius 1 is 0.864 bits per heavy atom. The van der Waals surface area contributed by atoms with Crippen molar-refractivity contribution in [3.8, 4) is 11.1 Å². The van der Waals surface area contributed by atoms with Crippen LogP contribution in [0.1, 0.15) is 25.0 Å². The number of rotatable bonds is 2. The van der Waals surface area contributed by atoms with Crippen LogP contribution in [0, 0.1) is 24.6 Å². The van der Waals surface area contributed by atoms with Gasteiger partial charge in [0.15, 0.2) is 0 Å². The minimum absolute atomic E-state index is 0.165. The van der Waals surface area contributed by atoms with Gasteiger partial charge in [0.05, 0.1) is 0 Å². The van der Waals surface area contributed by atoms with Crippen LogP contribution in [0.3, 0.4) is 0 Å². The molecule has 112 valence electrons. The Morgan fingerprint density at radius 2 is 1.55 bits per heavy atom. The molecule has 0 N–H and O–H groups in total. The SMILES string of the molecule is Cc1ccc(-c2ccc(C3=CC(C)C(C)C=C3)cc2F)cc1. The highest BCUT2D eigenvalue weighted by Gasteiger charge is 2.14. The maximum atomic E-state index is 14.5. The third-order valence-electron chi connectivity index (χ3n) is 4.52. The summed E-state index contributed by atoms with van der Waals surface area (Å²) in [5.41, 5.74) is 4.82. The monoisotopic (exact) mass is 292 g/mol. The lowest BCUT2D eigenvalue weighted by atomic mass is 9.86. The lowest BCUT2D eigenvalue weighted by Gasteiger charge is -2.19. The van der Waals surface area contributed by atoms with Gasteiger partial charge in [-0.05, 0) is 41.5 Å². The number of hydrogen-bond acceptors (Lipinski definition) is 0. The second-order valence-corrected chi connectivity index (χ2v) is 6.26. The predicted molar refractivity (Wildman–Crippen MR) is 92.0 cm³/mol. The van der Waals surface area contributed by atoms with E-state index in [2.05, 4.69) is 32.1 Å². The lowest BCUT2D eigenvalue weighted by molar-refractivity contribution is 0.554. The third kappa shape index (κ3) is 2.89. The first kappa shape index (κ1) is 14.8. The molecule has 1 aliphatic rings. The van der Waals surface area contributed by atoms with Crippen LogP contribution in [-0.4, -0.2) is 0 Å². The zero-order valence-corrected chi connectivity index (χ0v) is 13.3. The first-order valence-electron chi connectivity index (χ1n) is 7.81. The Balaban J connectivity index is 1.95. The average molecular weight is 292 g/mol. The first-order chi connectivity index (χ1) is 10.5. The fourth-order valence-electron chi connectivity index (χ4n) is 2.78. The normalized spacial score (nSPS) is 20.8. The Bertz CT molecular complexity index is 735. The minimum atomic E-state index is -0.165. The van der Waals surface area contributed by atoms with Crippen molar-refractivity contribution < 1.29 is 4.39 Å².